The van der Waals surface area contributed by atoms with Gasteiger partial charge in [-0.25, -0.2) is 4.79 Å². The van der Waals surface area contributed by atoms with Gasteiger partial charge in [-0.3, -0.25) is 4.79 Å². The minimum atomic E-state index is -0.985. The maximum atomic E-state index is 12.1. The van der Waals surface area contributed by atoms with Crippen molar-refractivity contribution in [1.82, 2.24) is 10.2 Å². The number of nitrogens with one attached hydrogen (secondary N) is 1. The van der Waals surface area contributed by atoms with Crippen molar-refractivity contribution in [3.05, 3.63) is 0 Å². The Kier molecular flexibility index (Phi) is 4.59. The van der Waals surface area contributed by atoms with Crippen molar-refractivity contribution in [3.63, 3.8) is 0 Å². The van der Waals surface area contributed by atoms with Crippen LogP contribution in [0.4, 0.5) is 4.79 Å². The highest BCUT2D eigenvalue weighted by Crippen LogP contribution is 2.34. The maximum absolute atomic E-state index is 12.1. The van der Waals surface area contributed by atoms with Crippen molar-refractivity contribution in [2.45, 2.75) is 58.5 Å². The van der Waals surface area contributed by atoms with E-state index in [2.05, 4.69) is 12.2 Å². The number of hydrogen-bond acceptors (Lipinski definition) is 2. The second-order valence-electron chi connectivity index (χ2n) is 5.99. The van der Waals surface area contributed by atoms with Crippen LogP contribution in [0.25, 0.3) is 0 Å². The molecule has 0 spiro atoms. The number of carbonyl (C=O) groups excluding carboxylic acids is 1. The molecule has 2 unspecified atom stereocenters. The van der Waals surface area contributed by atoms with Crippen molar-refractivity contribution >= 4 is 12.0 Å². The summed E-state index contributed by atoms with van der Waals surface area (Å²) in [5, 5.41) is 11.8. The number of urea groups is 1. The summed E-state index contributed by atoms with van der Waals surface area (Å²) in [6.07, 6.45) is 3.26. The molecule has 104 valence electrons. The smallest absolute Gasteiger partial charge is 0.323 e. The van der Waals surface area contributed by atoms with E-state index in [1.807, 2.05) is 20.8 Å². The lowest BCUT2D eigenvalue weighted by Crippen LogP contribution is -2.53. The van der Waals surface area contributed by atoms with Crippen LogP contribution in [0.1, 0.15) is 47.0 Å². The molecule has 0 radical (unpaired) electrons. The Morgan fingerprint density at radius 1 is 1.39 bits per heavy atom. The lowest BCUT2D eigenvalue weighted by atomic mass is 10.1. The van der Waals surface area contributed by atoms with E-state index in [1.54, 1.807) is 0 Å². The number of nitrogens with zero attached hydrogens (tertiary/aromatic N) is 1. The first kappa shape index (κ1) is 14.8. The highest BCUT2D eigenvalue weighted by atomic mass is 16.4. The third-order valence-corrected chi connectivity index (χ3v) is 3.24. The zero-order chi connectivity index (χ0) is 13.9. The minimum Gasteiger partial charge on any atom is -0.480 e. The molecular weight excluding hydrogens is 232 g/mol. The Bertz CT molecular complexity index is 323. The van der Waals surface area contributed by atoms with Crippen LogP contribution in [0.2, 0.25) is 0 Å². The molecule has 0 aromatic heterocycles. The monoisotopic (exact) mass is 256 g/mol. The van der Waals surface area contributed by atoms with Gasteiger partial charge in [0.25, 0.3) is 0 Å². The second kappa shape index (κ2) is 5.59. The summed E-state index contributed by atoms with van der Waals surface area (Å²) in [5.74, 6) is -0.411. The Hall–Kier alpha value is -1.26. The van der Waals surface area contributed by atoms with Gasteiger partial charge in [-0.2, -0.15) is 0 Å². The first-order valence-electron chi connectivity index (χ1n) is 6.55. The average Bonchev–Trinajstić information content (AvgIpc) is 2.91. The quantitative estimate of drug-likeness (QED) is 0.791. The van der Waals surface area contributed by atoms with Gasteiger partial charge in [-0.15, -0.1) is 0 Å². The molecule has 0 aromatic rings. The number of amides is 2. The Morgan fingerprint density at radius 3 is 2.44 bits per heavy atom. The fraction of sp³-hybridized carbons (Fsp3) is 0.846. The summed E-state index contributed by atoms with van der Waals surface area (Å²) in [4.78, 5) is 24.3. The molecule has 5 heteroatoms. The van der Waals surface area contributed by atoms with Gasteiger partial charge >= 0.3 is 12.0 Å². The molecule has 0 aliphatic heterocycles. The highest BCUT2D eigenvalue weighted by molar-refractivity contribution is 5.81. The topological polar surface area (TPSA) is 69.6 Å². The van der Waals surface area contributed by atoms with Crippen molar-refractivity contribution in [1.29, 1.82) is 0 Å². The van der Waals surface area contributed by atoms with Crippen LogP contribution in [0.15, 0.2) is 0 Å². The van der Waals surface area contributed by atoms with E-state index < -0.39 is 11.5 Å². The van der Waals surface area contributed by atoms with E-state index in [-0.39, 0.29) is 18.6 Å². The van der Waals surface area contributed by atoms with E-state index in [9.17, 15) is 9.59 Å². The van der Waals surface area contributed by atoms with Gasteiger partial charge < -0.3 is 15.3 Å². The number of carbonyl (C=O) groups is 2. The molecule has 1 aliphatic carbocycles. The van der Waals surface area contributed by atoms with Gasteiger partial charge in [0.1, 0.15) is 6.54 Å². The minimum absolute atomic E-state index is 0.232. The molecule has 18 heavy (non-hydrogen) atoms. The Labute approximate surface area is 109 Å². The standard InChI is InChI=1S/C13H24N2O3/c1-5-6-9-7-10(9)14-12(18)15(8-11(16)17)13(2,3)4/h9-10H,5-8H2,1-4H3,(H,14,18)(H,16,17). The number of carboxylic acids is 1. The molecule has 1 fully saturated rings. The molecule has 2 amide bonds. The number of aliphatic carboxylic acids is 1. The molecule has 0 heterocycles. The van der Waals surface area contributed by atoms with Gasteiger partial charge in [-0.1, -0.05) is 13.3 Å². The van der Waals surface area contributed by atoms with Crippen LogP contribution in [-0.4, -0.2) is 40.1 Å². The Balaban J connectivity index is 2.53. The van der Waals surface area contributed by atoms with Crippen molar-refractivity contribution in [2.24, 2.45) is 5.92 Å². The SMILES string of the molecule is CCCC1CC1NC(=O)N(CC(=O)O)C(C)(C)C. The van der Waals surface area contributed by atoms with Gasteiger partial charge in [0.05, 0.1) is 0 Å². The molecule has 1 rings (SSSR count). The summed E-state index contributed by atoms with van der Waals surface area (Å²) in [5.41, 5.74) is -0.488. The molecule has 1 aliphatic rings. The summed E-state index contributed by atoms with van der Waals surface area (Å²) < 4.78 is 0. The van der Waals surface area contributed by atoms with Crippen LogP contribution in [0.5, 0.6) is 0 Å². The van der Waals surface area contributed by atoms with E-state index >= 15 is 0 Å². The van der Waals surface area contributed by atoms with Gasteiger partial charge in [-0.05, 0) is 39.5 Å². The highest BCUT2D eigenvalue weighted by Gasteiger charge is 2.39. The zero-order valence-electron chi connectivity index (χ0n) is 11.7. The predicted molar refractivity (Wildman–Crippen MR) is 69.4 cm³/mol. The van der Waals surface area contributed by atoms with Crippen molar-refractivity contribution in [2.75, 3.05) is 6.54 Å². The fourth-order valence-corrected chi connectivity index (χ4v) is 2.10. The normalized spacial score (nSPS) is 22.4. The summed E-state index contributed by atoms with van der Waals surface area (Å²) in [6.45, 7) is 7.38. The van der Waals surface area contributed by atoms with Gasteiger partial charge in [0, 0.05) is 11.6 Å². The van der Waals surface area contributed by atoms with Crippen molar-refractivity contribution in [3.8, 4) is 0 Å². The van der Waals surface area contributed by atoms with Crippen LogP contribution in [0, 0.1) is 5.92 Å². The average molecular weight is 256 g/mol. The molecule has 0 aromatic carbocycles. The van der Waals surface area contributed by atoms with Crippen LogP contribution >= 0.6 is 0 Å². The third-order valence-electron chi connectivity index (χ3n) is 3.24. The van der Waals surface area contributed by atoms with E-state index in [0.717, 1.165) is 19.3 Å². The first-order chi connectivity index (χ1) is 8.25. The van der Waals surface area contributed by atoms with E-state index in [1.165, 1.54) is 4.90 Å². The van der Waals surface area contributed by atoms with E-state index in [0.29, 0.717) is 5.92 Å². The molecule has 1 saturated carbocycles. The fourth-order valence-electron chi connectivity index (χ4n) is 2.10. The molecule has 0 bridgehead atoms. The summed E-state index contributed by atoms with van der Waals surface area (Å²) in [6, 6.07) is -0.0374. The molecule has 0 saturated heterocycles. The second-order valence-corrected chi connectivity index (χ2v) is 5.99. The summed E-state index contributed by atoms with van der Waals surface area (Å²) >= 11 is 0. The largest absolute Gasteiger partial charge is 0.480 e. The third kappa shape index (κ3) is 4.20. The number of rotatable bonds is 5. The summed E-state index contributed by atoms with van der Waals surface area (Å²) in [7, 11) is 0. The van der Waals surface area contributed by atoms with Crippen molar-refractivity contribution < 1.29 is 14.7 Å². The molecule has 2 atom stereocenters. The molecular formula is C13H24N2O3. The lowest BCUT2D eigenvalue weighted by molar-refractivity contribution is -0.138. The van der Waals surface area contributed by atoms with Crippen LogP contribution in [-0.2, 0) is 4.79 Å². The van der Waals surface area contributed by atoms with Crippen LogP contribution < -0.4 is 5.32 Å². The lowest BCUT2D eigenvalue weighted by Gasteiger charge is -2.34. The first-order valence-corrected chi connectivity index (χ1v) is 6.55. The maximum Gasteiger partial charge on any atom is 0.323 e. The number of carboxylic acid groups (broad SMARTS) is 1. The molecule has 5 nitrogen and oxygen atoms in total. The predicted octanol–water partition coefficient (Wildman–Crippen LogP) is 2.07. The van der Waals surface area contributed by atoms with E-state index in [4.69, 9.17) is 5.11 Å². The van der Waals surface area contributed by atoms with Gasteiger partial charge in [0.15, 0.2) is 0 Å². The van der Waals surface area contributed by atoms with Crippen LogP contribution in [0.3, 0.4) is 0 Å². The van der Waals surface area contributed by atoms with Gasteiger partial charge in [0.2, 0.25) is 0 Å². The zero-order valence-corrected chi connectivity index (χ0v) is 11.7. The number of hydrogen-bond donors (Lipinski definition) is 2. The molecule has 2 N–H and O–H groups in total. The Morgan fingerprint density at radius 2 is 2.00 bits per heavy atom.